The smallest absolute Gasteiger partial charge is 0.320 e. The van der Waals surface area contributed by atoms with Crippen LogP contribution in [0.4, 0.5) is 15.0 Å². The number of urea groups is 1. The molecule has 6 nitrogen and oxygen atoms in total. The van der Waals surface area contributed by atoms with Crippen molar-refractivity contribution in [3.63, 3.8) is 0 Å². The summed E-state index contributed by atoms with van der Waals surface area (Å²) < 4.78 is 14.6. The molecule has 0 spiro atoms. The third-order valence-corrected chi connectivity index (χ3v) is 3.44. The number of benzene rings is 1. The van der Waals surface area contributed by atoms with Crippen LogP contribution in [0.2, 0.25) is 0 Å². The van der Waals surface area contributed by atoms with Crippen LogP contribution in [0.25, 0.3) is 5.69 Å². The predicted molar refractivity (Wildman–Crippen MR) is 90.7 cm³/mol. The number of nitrogens with zero attached hydrogens (tertiary/aromatic N) is 2. The quantitative estimate of drug-likeness (QED) is 0.760. The fourth-order valence-corrected chi connectivity index (χ4v) is 2.38. The number of anilines is 1. The normalized spacial score (nSPS) is 12.2. The van der Waals surface area contributed by atoms with Crippen LogP contribution < -0.4 is 10.6 Å². The molecule has 0 radical (unpaired) electrons. The topological polar surface area (TPSA) is 79.2 Å². The van der Waals surface area contributed by atoms with Crippen molar-refractivity contribution in [2.45, 2.75) is 33.3 Å². The zero-order valence-electron chi connectivity index (χ0n) is 14.1. The second kappa shape index (κ2) is 7.92. The van der Waals surface area contributed by atoms with E-state index in [1.807, 2.05) is 20.8 Å². The van der Waals surface area contributed by atoms with Gasteiger partial charge < -0.3 is 10.4 Å². The van der Waals surface area contributed by atoms with Gasteiger partial charge in [0, 0.05) is 18.3 Å². The van der Waals surface area contributed by atoms with E-state index in [0.717, 1.165) is 5.69 Å². The molecule has 130 valence electrons. The van der Waals surface area contributed by atoms with Gasteiger partial charge in [-0.25, -0.2) is 13.9 Å². The van der Waals surface area contributed by atoms with Gasteiger partial charge in [0.15, 0.2) is 5.82 Å². The monoisotopic (exact) mass is 334 g/mol. The van der Waals surface area contributed by atoms with Gasteiger partial charge in [-0.05, 0) is 43.5 Å². The van der Waals surface area contributed by atoms with E-state index in [2.05, 4.69) is 15.7 Å². The van der Waals surface area contributed by atoms with Crippen LogP contribution in [-0.4, -0.2) is 33.6 Å². The molecule has 0 saturated carbocycles. The molecule has 2 amide bonds. The fourth-order valence-electron chi connectivity index (χ4n) is 2.38. The molecular formula is C17H23FN4O2. The summed E-state index contributed by atoms with van der Waals surface area (Å²) in [6.07, 6.45) is 0.0488. The summed E-state index contributed by atoms with van der Waals surface area (Å²) in [6.45, 7) is 6.04. The lowest BCUT2D eigenvalue weighted by atomic mass is 10.1. The lowest BCUT2D eigenvalue weighted by molar-refractivity contribution is 0.148. The van der Waals surface area contributed by atoms with Gasteiger partial charge in [0.2, 0.25) is 0 Å². The van der Waals surface area contributed by atoms with Gasteiger partial charge in [0.05, 0.1) is 11.8 Å². The van der Waals surface area contributed by atoms with Gasteiger partial charge in [-0.3, -0.25) is 5.32 Å². The summed E-state index contributed by atoms with van der Waals surface area (Å²) in [7, 11) is 0. The molecule has 1 heterocycles. The Labute approximate surface area is 140 Å². The van der Waals surface area contributed by atoms with Crippen LogP contribution in [-0.2, 0) is 0 Å². The summed E-state index contributed by atoms with van der Waals surface area (Å²) in [5.41, 5.74) is 1.51. The van der Waals surface area contributed by atoms with Crippen molar-refractivity contribution in [3.8, 4) is 5.69 Å². The van der Waals surface area contributed by atoms with Crippen molar-refractivity contribution >= 4 is 11.8 Å². The standard InChI is InChI=1S/C17H23FN4O2/c1-11(2)8-15(23)10-19-17(24)20-16-9-12(3)22(21-16)14-6-4-13(18)5-7-14/h4-7,9,11,15,23H,8,10H2,1-3H3,(H2,19,20,21,24). The van der Waals surface area contributed by atoms with Crippen LogP contribution in [0.1, 0.15) is 26.0 Å². The van der Waals surface area contributed by atoms with E-state index >= 15 is 0 Å². The van der Waals surface area contributed by atoms with Crippen LogP contribution >= 0.6 is 0 Å². The first-order valence-corrected chi connectivity index (χ1v) is 7.90. The van der Waals surface area contributed by atoms with Gasteiger partial charge in [-0.15, -0.1) is 5.10 Å². The predicted octanol–water partition coefficient (Wildman–Crippen LogP) is 2.85. The van der Waals surface area contributed by atoms with E-state index in [1.165, 1.54) is 12.1 Å². The Kier molecular flexibility index (Phi) is 5.92. The number of hydrogen-bond donors (Lipinski definition) is 3. The summed E-state index contributed by atoms with van der Waals surface area (Å²) >= 11 is 0. The maximum Gasteiger partial charge on any atom is 0.320 e. The number of carbonyl (C=O) groups excluding carboxylic acids is 1. The highest BCUT2D eigenvalue weighted by atomic mass is 19.1. The number of hydrogen-bond acceptors (Lipinski definition) is 3. The van der Waals surface area contributed by atoms with E-state index in [9.17, 15) is 14.3 Å². The van der Waals surface area contributed by atoms with Crippen molar-refractivity contribution in [1.29, 1.82) is 0 Å². The lowest BCUT2D eigenvalue weighted by Crippen LogP contribution is -2.35. The Morgan fingerprint density at radius 1 is 1.33 bits per heavy atom. The molecule has 1 aromatic carbocycles. The summed E-state index contributed by atoms with van der Waals surface area (Å²) in [6, 6.07) is 7.22. The molecule has 0 aliphatic carbocycles. The molecule has 2 rings (SSSR count). The van der Waals surface area contributed by atoms with E-state index in [1.54, 1.807) is 22.9 Å². The van der Waals surface area contributed by atoms with Gasteiger partial charge in [-0.2, -0.15) is 0 Å². The minimum absolute atomic E-state index is 0.182. The van der Waals surface area contributed by atoms with E-state index in [0.29, 0.717) is 23.8 Å². The minimum Gasteiger partial charge on any atom is -0.391 e. The largest absolute Gasteiger partial charge is 0.391 e. The second-order valence-corrected chi connectivity index (χ2v) is 6.18. The van der Waals surface area contributed by atoms with Crippen molar-refractivity contribution < 1.29 is 14.3 Å². The number of halogens is 1. The molecule has 0 bridgehead atoms. The highest BCUT2D eigenvalue weighted by Crippen LogP contribution is 2.15. The number of nitrogens with one attached hydrogen (secondary N) is 2. The molecule has 3 N–H and O–H groups in total. The summed E-state index contributed by atoms with van der Waals surface area (Å²) in [4.78, 5) is 11.9. The van der Waals surface area contributed by atoms with Crippen molar-refractivity contribution in [1.82, 2.24) is 15.1 Å². The number of aliphatic hydroxyl groups excluding tert-OH is 1. The Balaban J connectivity index is 1.95. The van der Waals surface area contributed by atoms with Crippen LogP contribution in [0.15, 0.2) is 30.3 Å². The fraction of sp³-hybridized carbons (Fsp3) is 0.412. The number of rotatable bonds is 6. The van der Waals surface area contributed by atoms with Crippen LogP contribution in [0.3, 0.4) is 0 Å². The molecular weight excluding hydrogens is 311 g/mol. The summed E-state index contributed by atoms with van der Waals surface area (Å²) in [5, 5.41) is 19.3. The summed E-state index contributed by atoms with van der Waals surface area (Å²) in [5.74, 6) is 0.424. The molecule has 0 aliphatic rings. The zero-order chi connectivity index (χ0) is 17.7. The van der Waals surface area contributed by atoms with Gasteiger partial charge in [-0.1, -0.05) is 13.8 Å². The van der Waals surface area contributed by atoms with E-state index in [-0.39, 0.29) is 12.4 Å². The molecule has 1 atom stereocenters. The van der Waals surface area contributed by atoms with Crippen LogP contribution in [0.5, 0.6) is 0 Å². The lowest BCUT2D eigenvalue weighted by Gasteiger charge is -2.13. The number of aromatic nitrogens is 2. The highest BCUT2D eigenvalue weighted by molar-refractivity contribution is 5.88. The average Bonchev–Trinajstić information content (AvgIpc) is 2.86. The van der Waals surface area contributed by atoms with Gasteiger partial charge in [0.25, 0.3) is 0 Å². The van der Waals surface area contributed by atoms with E-state index in [4.69, 9.17) is 0 Å². The minimum atomic E-state index is -0.575. The molecule has 1 aromatic heterocycles. The SMILES string of the molecule is Cc1cc(NC(=O)NCC(O)CC(C)C)nn1-c1ccc(F)cc1. The second-order valence-electron chi connectivity index (χ2n) is 6.18. The van der Waals surface area contributed by atoms with Crippen molar-refractivity contribution in [2.24, 2.45) is 5.92 Å². The highest BCUT2D eigenvalue weighted by Gasteiger charge is 2.11. The number of aryl methyl sites for hydroxylation is 1. The Morgan fingerprint density at radius 2 is 2.00 bits per heavy atom. The maximum atomic E-state index is 13.0. The molecule has 0 saturated heterocycles. The Hall–Kier alpha value is -2.41. The van der Waals surface area contributed by atoms with Gasteiger partial charge in [0.1, 0.15) is 5.82 Å². The average molecular weight is 334 g/mol. The molecule has 1 unspecified atom stereocenters. The third-order valence-electron chi connectivity index (χ3n) is 3.44. The third kappa shape index (κ3) is 5.06. The molecule has 0 aliphatic heterocycles. The molecule has 7 heteroatoms. The number of amides is 2. The molecule has 0 fully saturated rings. The zero-order valence-corrected chi connectivity index (χ0v) is 14.1. The van der Waals surface area contributed by atoms with Gasteiger partial charge >= 0.3 is 6.03 Å². The van der Waals surface area contributed by atoms with Crippen LogP contribution in [0, 0.1) is 18.7 Å². The number of carbonyl (C=O) groups is 1. The molecule has 2 aromatic rings. The van der Waals surface area contributed by atoms with Crippen molar-refractivity contribution in [2.75, 3.05) is 11.9 Å². The van der Waals surface area contributed by atoms with Crippen molar-refractivity contribution in [3.05, 3.63) is 41.8 Å². The Morgan fingerprint density at radius 3 is 2.62 bits per heavy atom. The first kappa shape index (κ1) is 17.9. The first-order valence-electron chi connectivity index (χ1n) is 7.90. The first-order chi connectivity index (χ1) is 11.3. The Bertz CT molecular complexity index is 682. The maximum absolute atomic E-state index is 13.0. The molecule has 24 heavy (non-hydrogen) atoms. The van der Waals surface area contributed by atoms with E-state index < -0.39 is 12.1 Å². The number of aliphatic hydroxyl groups is 1.